The van der Waals surface area contributed by atoms with E-state index in [-0.39, 0.29) is 6.03 Å². The minimum Gasteiger partial charge on any atom is -0.307 e. The van der Waals surface area contributed by atoms with Crippen molar-refractivity contribution >= 4 is 11.7 Å². The first-order valence-electron chi connectivity index (χ1n) is 5.03. The molecule has 0 aliphatic rings. The van der Waals surface area contributed by atoms with Crippen molar-refractivity contribution in [2.24, 2.45) is 0 Å². The van der Waals surface area contributed by atoms with Crippen molar-refractivity contribution in [2.75, 3.05) is 5.32 Å². The van der Waals surface area contributed by atoms with E-state index in [1.165, 1.54) is 10.9 Å². The molecule has 0 saturated carbocycles. The molecule has 0 spiro atoms. The summed E-state index contributed by atoms with van der Waals surface area (Å²) in [4.78, 5) is 15.6. The summed E-state index contributed by atoms with van der Waals surface area (Å²) in [7, 11) is 0. The van der Waals surface area contributed by atoms with Crippen LogP contribution in [0.1, 0.15) is 11.1 Å². The summed E-state index contributed by atoms with van der Waals surface area (Å²) in [5, 5.41) is 2.84. The van der Waals surface area contributed by atoms with Crippen LogP contribution >= 0.6 is 0 Å². The van der Waals surface area contributed by atoms with Crippen LogP contribution in [0.4, 0.5) is 10.5 Å². The van der Waals surface area contributed by atoms with Gasteiger partial charge in [0, 0.05) is 18.1 Å². The number of aromatic nitrogens is 2. The van der Waals surface area contributed by atoms with Gasteiger partial charge in [-0.2, -0.15) is 0 Å². The Morgan fingerprint density at radius 3 is 2.88 bits per heavy atom. The summed E-state index contributed by atoms with van der Waals surface area (Å²) < 4.78 is 1.40. The Balaban J connectivity index is 2.21. The number of nitrogens with zero attached hydrogens (tertiary/aromatic N) is 2. The molecule has 4 nitrogen and oxygen atoms in total. The van der Waals surface area contributed by atoms with Crippen LogP contribution in [0.15, 0.2) is 36.9 Å². The first-order valence-corrected chi connectivity index (χ1v) is 5.03. The fraction of sp³-hybridized carbons (Fsp3) is 0.167. The molecular weight excluding hydrogens is 202 g/mol. The Morgan fingerprint density at radius 1 is 1.38 bits per heavy atom. The molecule has 0 bridgehead atoms. The molecule has 1 heterocycles. The van der Waals surface area contributed by atoms with E-state index in [2.05, 4.69) is 10.3 Å². The topological polar surface area (TPSA) is 46.9 Å². The number of hydrogen-bond donors (Lipinski definition) is 1. The van der Waals surface area contributed by atoms with E-state index >= 15 is 0 Å². The van der Waals surface area contributed by atoms with Crippen molar-refractivity contribution in [3.05, 3.63) is 48.0 Å². The van der Waals surface area contributed by atoms with Crippen LogP contribution in [0.3, 0.4) is 0 Å². The number of carbonyl (C=O) groups is 1. The molecule has 1 aromatic carbocycles. The zero-order chi connectivity index (χ0) is 11.5. The van der Waals surface area contributed by atoms with E-state index in [9.17, 15) is 4.79 Å². The van der Waals surface area contributed by atoms with Crippen molar-refractivity contribution in [3.8, 4) is 0 Å². The highest BCUT2D eigenvalue weighted by atomic mass is 16.2. The molecule has 4 heteroatoms. The summed E-state index contributed by atoms with van der Waals surface area (Å²) >= 11 is 0. The van der Waals surface area contributed by atoms with Crippen LogP contribution < -0.4 is 5.32 Å². The van der Waals surface area contributed by atoms with Gasteiger partial charge in [-0.05, 0) is 31.0 Å². The van der Waals surface area contributed by atoms with Gasteiger partial charge in [0.15, 0.2) is 0 Å². The number of amides is 1. The summed E-state index contributed by atoms with van der Waals surface area (Å²) in [6.07, 6.45) is 4.66. The van der Waals surface area contributed by atoms with Crippen LogP contribution in [0.25, 0.3) is 0 Å². The molecule has 0 saturated heterocycles. The fourth-order valence-electron chi connectivity index (χ4n) is 1.43. The van der Waals surface area contributed by atoms with Crippen molar-refractivity contribution < 1.29 is 4.79 Å². The summed E-state index contributed by atoms with van der Waals surface area (Å²) in [5.41, 5.74) is 2.99. The van der Waals surface area contributed by atoms with E-state index in [1.54, 1.807) is 12.4 Å². The van der Waals surface area contributed by atoms with Crippen LogP contribution in [-0.4, -0.2) is 15.6 Å². The normalized spacial score (nSPS) is 10.1. The molecule has 2 rings (SSSR count). The third kappa shape index (κ3) is 2.11. The van der Waals surface area contributed by atoms with Crippen molar-refractivity contribution in [3.63, 3.8) is 0 Å². The second kappa shape index (κ2) is 4.18. The largest absolute Gasteiger partial charge is 0.331 e. The highest BCUT2D eigenvalue weighted by molar-refractivity contribution is 5.91. The molecule has 2 aromatic rings. The molecule has 1 aromatic heterocycles. The Hall–Kier alpha value is -2.10. The fourth-order valence-corrected chi connectivity index (χ4v) is 1.43. The lowest BCUT2D eigenvalue weighted by Gasteiger charge is -2.09. The number of carbonyl (C=O) groups excluding carboxylic acids is 1. The highest BCUT2D eigenvalue weighted by Gasteiger charge is 2.05. The van der Waals surface area contributed by atoms with Gasteiger partial charge in [0.1, 0.15) is 6.33 Å². The molecule has 16 heavy (non-hydrogen) atoms. The SMILES string of the molecule is Cc1ccc(C)c(NC(=O)n2ccnc2)c1. The monoisotopic (exact) mass is 215 g/mol. The maximum atomic E-state index is 11.8. The van der Waals surface area contributed by atoms with Crippen LogP contribution in [0.5, 0.6) is 0 Å². The molecule has 0 aliphatic carbocycles. The van der Waals surface area contributed by atoms with Gasteiger partial charge < -0.3 is 5.32 Å². The van der Waals surface area contributed by atoms with Gasteiger partial charge in [-0.3, -0.25) is 4.57 Å². The molecule has 1 N–H and O–H groups in total. The third-order valence-corrected chi connectivity index (χ3v) is 2.37. The summed E-state index contributed by atoms with van der Waals surface area (Å²) in [5.74, 6) is 0. The lowest BCUT2D eigenvalue weighted by molar-refractivity contribution is 0.253. The van der Waals surface area contributed by atoms with Crippen molar-refractivity contribution in [1.82, 2.24) is 9.55 Å². The number of hydrogen-bond acceptors (Lipinski definition) is 2. The molecule has 1 amide bonds. The van der Waals surface area contributed by atoms with Gasteiger partial charge >= 0.3 is 6.03 Å². The molecule has 0 unspecified atom stereocenters. The second-order valence-corrected chi connectivity index (χ2v) is 3.72. The lowest BCUT2D eigenvalue weighted by Crippen LogP contribution is -2.18. The minimum absolute atomic E-state index is 0.203. The van der Waals surface area contributed by atoms with Gasteiger partial charge in [-0.1, -0.05) is 12.1 Å². The standard InChI is InChI=1S/C12H13N3O/c1-9-3-4-10(2)11(7-9)14-12(16)15-6-5-13-8-15/h3-8H,1-2H3,(H,14,16). The number of aryl methyl sites for hydroxylation is 2. The smallest absolute Gasteiger partial charge is 0.307 e. The number of anilines is 1. The molecule has 0 aliphatic heterocycles. The van der Waals surface area contributed by atoms with Crippen LogP contribution in [-0.2, 0) is 0 Å². The number of benzene rings is 1. The van der Waals surface area contributed by atoms with Gasteiger partial charge in [0.05, 0.1) is 0 Å². The maximum Gasteiger partial charge on any atom is 0.331 e. The Morgan fingerprint density at radius 2 is 2.19 bits per heavy atom. The maximum absolute atomic E-state index is 11.8. The zero-order valence-electron chi connectivity index (χ0n) is 9.27. The summed E-state index contributed by atoms with van der Waals surface area (Å²) in [6, 6.07) is 5.75. The quantitative estimate of drug-likeness (QED) is 0.794. The molecule has 0 atom stereocenters. The molecule has 0 radical (unpaired) electrons. The zero-order valence-corrected chi connectivity index (χ0v) is 9.27. The Labute approximate surface area is 93.9 Å². The molecule has 82 valence electrons. The van der Waals surface area contributed by atoms with E-state index in [1.807, 2.05) is 32.0 Å². The van der Waals surface area contributed by atoms with Crippen LogP contribution in [0.2, 0.25) is 0 Å². The predicted octanol–water partition coefficient (Wildman–Crippen LogP) is 2.58. The Bertz CT molecular complexity index is 503. The van der Waals surface area contributed by atoms with Crippen molar-refractivity contribution in [1.29, 1.82) is 0 Å². The number of imidazole rings is 1. The number of nitrogens with one attached hydrogen (secondary N) is 1. The van der Waals surface area contributed by atoms with Crippen molar-refractivity contribution in [2.45, 2.75) is 13.8 Å². The van der Waals surface area contributed by atoms with Gasteiger partial charge in [-0.15, -0.1) is 0 Å². The average Bonchev–Trinajstić information content (AvgIpc) is 2.76. The van der Waals surface area contributed by atoms with Gasteiger partial charge in [0.25, 0.3) is 0 Å². The first kappa shape index (κ1) is 10.4. The summed E-state index contributed by atoms with van der Waals surface area (Å²) in [6.45, 7) is 3.95. The second-order valence-electron chi connectivity index (χ2n) is 3.72. The highest BCUT2D eigenvalue weighted by Crippen LogP contribution is 2.16. The van der Waals surface area contributed by atoms with E-state index in [0.29, 0.717) is 0 Å². The van der Waals surface area contributed by atoms with Crippen LogP contribution in [0, 0.1) is 13.8 Å². The van der Waals surface area contributed by atoms with E-state index < -0.39 is 0 Å². The number of rotatable bonds is 1. The lowest BCUT2D eigenvalue weighted by atomic mass is 10.1. The first-order chi connectivity index (χ1) is 7.66. The predicted molar refractivity (Wildman–Crippen MR) is 62.6 cm³/mol. The molecule has 0 fully saturated rings. The molecular formula is C12H13N3O. The average molecular weight is 215 g/mol. The Kier molecular flexibility index (Phi) is 2.72. The van der Waals surface area contributed by atoms with Gasteiger partial charge in [0.2, 0.25) is 0 Å². The minimum atomic E-state index is -0.203. The van der Waals surface area contributed by atoms with Gasteiger partial charge in [-0.25, -0.2) is 9.78 Å². The van der Waals surface area contributed by atoms with E-state index in [0.717, 1.165) is 16.8 Å². The van der Waals surface area contributed by atoms with E-state index in [4.69, 9.17) is 0 Å². The third-order valence-electron chi connectivity index (χ3n) is 2.37.